The molecule has 0 bridgehead atoms. The number of ether oxygens (including phenoxy) is 1. The van der Waals surface area contributed by atoms with Gasteiger partial charge >= 0.3 is 5.97 Å². The molecule has 8 heteroatoms. The summed E-state index contributed by atoms with van der Waals surface area (Å²) in [6.07, 6.45) is 1.97. The molecule has 0 saturated carbocycles. The van der Waals surface area contributed by atoms with E-state index in [0.29, 0.717) is 12.2 Å². The minimum absolute atomic E-state index is 0.284. The molecule has 5 nitrogen and oxygen atoms in total. The van der Waals surface area contributed by atoms with E-state index >= 15 is 0 Å². The number of hydrogen-bond donors (Lipinski definition) is 2. The predicted molar refractivity (Wildman–Crippen MR) is 79.6 cm³/mol. The lowest BCUT2D eigenvalue weighted by Crippen LogP contribution is -2.05. The molecule has 0 N–H and O–H groups in total. The SMILES string of the molecule is C=C(C)C(=O)OCCCC.SS1(S)C=NN=N1. The largest absolute Gasteiger partial charge is 0.462 e. The summed E-state index contributed by atoms with van der Waals surface area (Å²) in [6.45, 7) is 7.67. The minimum Gasteiger partial charge on any atom is -0.462 e. The van der Waals surface area contributed by atoms with Crippen LogP contribution < -0.4 is 0 Å². The first kappa shape index (κ1) is 16.5. The molecule has 1 aliphatic heterocycles. The fourth-order valence-corrected chi connectivity index (χ4v) is 1.42. The van der Waals surface area contributed by atoms with Crippen LogP contribution in [0.4, 0.5) is 0 Å². The second kappa shape index (κ2) is 8.60. The third-order valence-electron chi connectivity index (χ3n) is 1.48. The fourth-order valence-electron chi connectivity index (χ4n) is 0.613. The first-order valence-electron chi connectivity index (χ1n) is 4.95. The van der Waals surface area contributed by atoms with Gasteiger partial charge in [0, 0.05) is 13.9 Å². The third kappa shape index (κ3) is 9.25. The van der Waals surface area contributed by atoms with Crippen LogP contribution in [0.2, 0.25) is 0 Å². The van der Waals surface area contributed by atoms with Crippen LogP contribution in [0.25, 0.3) is 0 Å². The molecule has 17 heavy (non-hydrogen) atoms. The molecule has 0 unspecified atom stereocenters. The van der Waals surface area contributed by atoms with Crippen molar-refractivity contribution >= 4 is 43.1 Å². The zero-order valence-corrected chi connectivity index (χ0v) is 12.5. The Kier molecular flexibility index (Phi) is 8.36. The average Bonchev–Trinajstić information content (AvgIpc) is 2.64. The number of hydrogen-bond acceptors (Lipinski definition) is 7. The van der Waals surface area contributed by atoms with Crippen molar-refractivity contribution in [2.75, 3.05) is 6.61 Å². The molecule has 0 aromatic heterocycles. The first-order valence-corrected chi connectivity index (χ1v) is 8.71. The smallest absolute Gasteiger partial charge is 0.333 e. The summed E-state index contributed by atoms with van der Waals surface area (Å²) in [5.74, 6) is -0.284. The molecule has 0 aliphatic carbocycles. The molecule has 0 radical (unpaired) electrons. The molecular weight excluding hydrogens is 278 g/mol. The number of esters is 1. The summed E-state index contributed by atoms with van der Waals surface area (Å²) in [5, 5.41) is 6.77. The van der Waals surface area contributed by atoms with Gasteiger partial charge in [0.05, 0.1) is 6.61 Å². The van der Waals surface area contributed by atoms with Gasteiger partial charge in [0.15, 0.2) is 0 Å². The van der Waals surface area contributed by atoms with Crippen LogP contribution in [0.15, 0.2) is 27.0 Å². The highest BCUT2D eigenvalue weighted by atomic mass is 33.5. The topological polar surface area (TPSA) is 63.4 Å². The second-order valence-corrected chi connectivity index (χ2v) is 8.92. The van der Waals surface area contributed by atoms with E-state index in [-0.39, 0.29) is 5.97 Å². The van der Waals surface area contributed by atoms with Crippen molar-refractivity contribution in [1.82, 2.24) is 0 Å². The molecule has 1 aliphatic rings. The maximum atomic E-state index is 10.7. The highest BCUT2D eigenvalue weighted by molar-refractivity contribution is 9.22. The number of carbonyl (C=O) groups excluding carboxylic acids is 1. The van der Waals surface area contributed by atoms with E-state index in [1.807, 2.05) is 0 Å². The monoisotopic (exact) mass is 295 g/mol. The maximum Gasteiger partial charge on any atom is 0.333 e. The molecule has 0 fully saturated rings. The maximum absolute atomic E-state index is 10.7. The Morgan fingerprint density at radius 3 is 2.47 bits per heavy atom. The van der Waals surface area contributed by atoms with Crippen LogP contribution in [0, 0.1) is 0 Å². The Labute approximate surface area is 113 Å². The van der Waals surface area contributed by atoms with Gasteiger partial charge < -0.3 is 4.74 Å². The average molecular weight is 295 g/mol. The molecule has 0 atom stereocenters. The number of thiol groups is 2. The molecule has 0 aromatic rings. The van der Waals surface area contributed by atoms with E-state index in [4.69, 9.17) is 4.74 Å². The summed E-state index contributed by atoms with van der Waals surface area (Å²) >= 11 is 7.97. The lowest BCUT2D eigenvalue weighted by atomic mass is 10.3. The van der Waals surface area contributed by atoms with E-state index in [1.165, 1.54) is 5.55 Å². The summed E-state index contributed by atoms with van der Waals surface area (Å²) in [5.41, 5.74) is 2.00. The lowest BCUT2D eigenvalue weighted by Gasteiger charge is -2.06. The van der Waals surface area contributed by atoms with Gasteiger partial charge in [-0.3, -0.25) is 0 Å². The summed E-state index contributed by atoms with van der Waals surface area (Å²) < 4.78 is 8.39. The Hall–Kier alpha value is -0.470. The molecule has 1 heterocycles. The number of nitrogens with zero attached hydrogens (tertiary/aromatic N) is 3. The molecule has 1 rings (SSSR count). The molecule has 0 amide bonds. The number of unbranched alkanes of at least 4 members (excludes halogenated alkanes) is 1. The van der Waals surface area contributed by atoms with E-state index in [9.17, 15) is 4.79 Å². The second-order valence-electron chi connectivity index (χ2n) is 3.22. The van der Waals surface area contributed by atoms with Crippen LogP contribution in [-0.4, -0.2) is 18.1 Å². The van der Waals surface area contributed by atoms with Crippen LogP contribution >= 0.6 is 31.6 Å². The van der Waals surface area contributed by atoms with Gasteiger partial charge in [-0.25, -0.2) is 4.79 Å². The number of rotatable bonds is 4. The van der Waals surface area contributed by atoms with Gasteiger partial charge in [0.1, 0.15) is 5.55 Å². The van der Waals surface area contributed by atoms with Gasteiger partial charge in [-0.15, -0.1) is 5.10 Å². The van der Waals surface area contributed by atoms with E-state index in [1.54, 1.807) is 6.92 Å². The Bertz CT molecular complexity index is 315. The van der Waals surface area contributed by atoms with E-state index in [2.05, 4.69) is 51.7 Å². The normalized spacial score (nSPS) is 16.9. The molecule has 0 saturated heterocycles. The zero-order chi connectivity index (χ0) is 13.3. The summed E-state index contributed by atoms with van der Waals surface area (Å²) in [6, 6.07) is 0. The standard InChI is InChI=1S/C8H14O2.CH3N3S3/c1-4-5-6-10-8(9)7(2)3;5-7(6)1-2-3-4-7/h2,4-6H2,1,3H3;1,5-6H. The fraction of sp³-hybridized carbons (Fsp3) is 0.556. The minimum atomic E-state index is -1.49. The Balaban J connectivity index is 0.000000318. The van der Waals surface area contributed by atoms with Gasteiger partial charge in [0.25, 0.3) is 0 Å². The van der Waals surface area contributed by atoms with Crippen molar-refractivity contribution in [2.45, 2.75) is 26.7 Å². The van der Waals surface area contributed by atoms with Crippen LogP contribution in [-0.2, 0) is 9.53 Å². The van der Waals surface area contributed by atoms with Crippen LogP contribution in [0.3, 0.4) is 0 Å². The van der Waals surface area contributed by atoms with Crippen molar-refractivity contribution in [1.29, 1.82) is 0 Å². The van der Waals surface area contributed by atoms with Gasteiger partial charge in [-0.1, -0.05) is 47.8 Å². The lowest BCUT2D eigenvalue weighted by molar-refractivity contribution is -0.139. The first-order chi connectivity index (χ1) is 7.89. The molecule has 0 aromatic carbocycles. The van der Waals surface area contributed by atoms with E-state index in [0.717, 1.165) is 12.8 Å². The van der Waals surface area contributed by atoms with Gasteiger partial charge in [-0.05, 0) is 18.6 Å². The van der Waals surface area contributed by atoms with Gasteiger partial charge in [0.2, 0.25) is 0 Å². The highest BCUT2D eigenvalue weighted by Crippen LogP contribution is 2.58. The van der Waals surface area contributed by atoms with Crippen LogP contribution in [0.1, 0.15) is 26.7 Å². The highest BCUT2D eigenvalue weighted by Gasteiger charge is 2.11. The van der Waals surface area contributed by atoms with Crippen molar-refractivity contribution in [3.05, 3.63) is 12.2 Å². The summed E-state index contributed by atoms with van der Waals surface area (Å²) in [4.78, 5) is 10.7. The predicted octanol–water partition coefficient (Wildman–Crippen LogP) is 3.71. The molecule has 0 spiro atoms. The third-order valence-corrected chi connectivity index (χ3v) is 3.17. The number of carbonyl (C=O) groups is 1. The zero-order valence-electron chi connectivity index (χ0n) is 9.87. The van der Waals surface area contributed by atoms with Crippen molar-refractivity contribution in [2.24, 2.45) is 14.8 Å². The Morgan fingerprint density at radius 2 is 2.18 bits per heavy atom. The van der Waals surface area contributed by atoms with Crippen molar-refractivity contribution < 1.29 is 9.53 Å². The Morgan fingerprint density at radius 1 is 1.53 bits per heavy atom. The van der Waals surface area contributed by atoms with Crippen molar-refractivity contribution in [3.8, 4) is 0 Å². The van der Waals surface area contributed by atoms with Crippen molar-refractivity contribution in [3.63, 3.8) is 0 Å². The van der Waals surface area contributed by atoms with E-state index < -0.39 is 8.28 Å². The molecular formula is C9H17N3O2S3. The van der Waals surface area contributed by atoms with Crippen LogP contribution in [0.5, 0.6) is 0 Å². The summed E-state index contributed by atoms with van der Waals surface area (Å²) in [7, 11) is -1.49. The van der Waals surface area contributed by atoms with Gasteiger partial charge in [-0.2, -0.15) is 0 Å². The molecule has 98 valence electrons. The quantitative estimate of drug-likeness (QED) is 0.273.